The number of hydrogen-bond acceptors (Lipinski definition) is 2. The molecule has 1 aromatic carbocycles. The van der Waals surface area contributed by atoms with Crippen LogP contribution < -0.4 is 5.32 Å². The molecule has 0 aromatic heterocycles. The first-order chi connectivity index (χ1) is 6.74. The monoisotopic (exact) mass is 188 g/mol. The number of nitriles is 1. The molecule has 0 aliphatic carbocycles. The minimum atomic E-state index is 0.623. The standard InChI is InChI=1S/C12H16N2/c1-10-5-6-11(2)12(9-10)14-8-4-3-7-13/h5-6,9,14H,3-4,8H2,1-2H3. The number of nitrogens with zero attached hydrogens (tertiary/aromatic N) is 1. The van der Waals surface area contributed by atoms with E-state index in [9.17, 15) is 0 Å². The molecule has 2 nitrogen and oxygen atoms in total. The fraction of sp³-hybridized carbons (Fsp3) is 0.417. The van der Waals surface area contributed by atoms with E-state index in [2.05, 4.69) is 43.4 Å². The normalized spacial score (nSPS) is 9.50. The Morgan fingerprint density at radius 3 is 2.86 bits per heavy atom. The number of rotatable bonds is 4. The molecule has 1 rings (SSSR count). The van der Waals surface area contributed by atoms with Crippen molar-refractivity contribution in [1.29, 1.82) is 5.26 Å². The maximum Gasteiger partial charge on any atom is 0.0622 e. The maximum atomic E-state index is 8.38. The molecule has 0 aliphatic heterocycles. The predicted molar refractivity (Wildman–Crippen MR) is 59.3 cm³/mol. The van der Waals surface area contributed by atoms with Crippen LogP contribution in [-0.2, 0) is 0 Å². The van der Waals surface area contributed by atoms with Crippen molar-refractivity contribution in [3.05, 3.63) is 29.3 Å². The van der Waals surface area contributed by atoms with E-state index >= 15 is 0 Å². The fourth-order valence-corrected chi connectivity index (χ4v) is 1.32. The van der Waals surface area contributed by atoms with Gasteiger partial charge < -0.3 is 5.32 Å². The molecule has 0 bridgehead atoms. The van der Waals surface area contributed by atoms with Crippen LogP contribution in [0.1, 0.15) is 24.0 Å². The Hall–Kier alpha value is -1.49. The number of hydrogen-bond donors (Lipinski definition) is 1. The van der Waals surface area contributed by atoms with Crippen LogP contribution in [0, 0.1) is 25.2 Å². The van der Waals surface area contributed by atoms with E-state index in [-0.39, 0.29) is 0 Å². The zero-order valence-electron chi connectivity index (χ0n) is 8.80. The van der Waals surface area contributed by atoms with Crippen molar-refractivity contribution in [1.82, 2.24) is 0 Å². The topological polar surface area (TPSA) is 35.8 Å². The molecule has 0 radical (unpaired) electrons. The summed E-state index contributed by atoms with van der Waals surface area (Å²) >= 11 is 0. The van der Waals surface area contributed by atoms with E-state index in [1.807, 2.05) is 0 Å². The second kappa shape index (κ2) is 5.29. The summed E-state index contributed by atoms with van der Waals surface area (Å²) in [6.07, 6.45) is 1.53. The lowest BCUT2D eigenvalue weighted by atomic mass is 10.1. The largest absolute Gasteiger partial charge is 0.385 e. The molecular formula is C12H16N2. The zero-order valence-corrected chi connectivity index (χ0v) is 8.80. The summed E-state index contributed by atoms with van der Waals surface area (Å²) in [5.74, 6) is 0. The molecule has 0 spiro atoms. The second-order valence-electron chi connectivity index (χ2n) is 3.51. The van der Waals surface area contributed by atoms with Crippen molar-refractivity contribution < 1.29 is 0 Å². The van der Waals surface area contributed by atoms with Crippen LogP contribution >= 0.6 is 0 Å². The Labute approximate surface area is 85.6 Å². The van der Waals surface area contributed by atoms with Gasteiger partial charge >= 0.3 is 0 Å². The van der Waals surface area contributed by atoms with Gasteiger partial charge in [-0.2, -0.15) is 5.26 Å². The van der Waals surface area contributed by atoms with Gasteiger partial charge in [-0.15, -0.1) is 0 Å². The van der Waals surface area contributed by atoms with Crippen molar-refractivity contribution in [2.75, 3.05) is 11.9 Å². The minimum absolute atomic E-state index is 0.623. The third-order valence-corrected chi connectivity index (χ3v) is 2.17. The lowest BCUT2D eigenvalue weighted by Gasteiger charge is -2.09. The minimum Gasteiger partial charge on any atom is -0.385 e. The van der Waals surface area contributed by atoms with Crippen LogP contribution in [0.15, 0.2) is 18.2 Å². The van der Waals surface area contributed by atoms with Crippen LogP contribution in [0.5, 0.6) is 0 Å². The van der Waals surface area contributed by atoms with Gasteiger partial charge in [-0.25, -0.2) is 0 Å². The van der Waals surface area contributed by atoms with Crippen molar-refractivity contribution in [2.45, 2.75) is 26.7 Å². The van der Waals surface area contributed by atoms with E-state index in [0.717, 1.165) is 13.0 Å². The van der Waals surface area contributed by atoms with E-state index in [0.29, 0.717) is 6.42 Å². The summed E-state index contributed by atoms with van der Waals surface area (Å²) in [7, 11) is 0. The Kier molecular flexibility index (Phi) is 4.00. The second-order valence-corrected chi connectivity index (χ2v) is 3.51. The average molecular weight is 188 g/mol. The molecule has 14 heavy (non-hydrogen) atoms. The van der Waals surface area contributed by atoms with E-state index in [4.69, 9.17) is 5.26 Å². The highest BCUT2D eigenvalue weighted by Crippen LogP contribution is 2.16. The molecule has 1 N–H and O–H groups in total. The van der Waals surface area contributed by atoms with Gasteiger partial charge in [-0.1, -0.05) is 12.1 Å². The number of anilines is 1. The maximum absolute atomic E-state index is 8.38. The lowest BCUT2D eigenvalue weighted by molar-refractivity contribution is 0.896. The van der Waals surface area contributed by atoms with Gasteiger partial charge in [0.15, 0.2) is 0 Å². The number of nitrogens with one attached hydrogen (secondary N) is 1. The van der Waals surface area contributed by atoms with Gasteiger partial charge in [0.2, 0.25) is 0 Å². The molecular weight excluding hydrogens is 172 g/mol. The van der Waals surface area contributed by atoms with Crippen LogP contribution in [-0.4, -0.2) is 6.54 Å². The molecule has 1 aromatic rings. The smallest absolute Gasteiger partial charge is 0.0622 e. The SMILES string of the molecule is Cc1ccc(C)c(NCCCC#N)c1. The summed E-state index contributed by atoms with van der Waals surface area (Å²) in [5, 5.41) is 11.7. The lowest BCUT2D eigenvalue weighted by Crippen LogP contribution is -2.02. The molecule has 0 unspecified atom stereocenters. The Morgan fingerprint density at radius 1 is 1.36 bits per heavy atom. The van der Waals surface area contributed by atoms with Crippen molar-refractivity contribution >= 4 is 5.69 Å². The van der Waals surface area contributed by atoms with Gasteiger partial charge in [0, 0.05) is 18.7 Å². The fourth-order valence-electron chi connectivity index (χ4n) is 1.32. The molecule has 2 heteroatoms. The predicted octanol–water partition coefficient (Wildman–Crippen LogP) is 3.02. The average Bonchev–Trinajstić information content (AvgIpc) is 2.18. The van der Waals surface area contributed by atoms with Crippen molar-refractivity contribution in [3.8, 4) is 6.07 Å². The molecule has 0 saturated heterocycles. The Morgan fingerprint density at radius 2 is 2.14 bits per heavy atom. The Bertz CT molecular complexity index is 337. The molecule has 74 valence electrons. The van der Waals surface area contributed by atoms with Gasteiger partial charge in [-0.05, 0) is 37.5 Å². The summed E-state index contributed by atoms with van der Waals surface area (Å²) < 4.78 is 0. The quantitative estimate of drug-likeness (QED) is 0.737. The number of benzene rings is 1. The van der Waals surface area contributed by atoms with Crippen LogP contribution in [0.3, 0.4) is 0 Å². The van der Waals surface area contributed by atoms with E-state index < -0.39 is 0 Å². The molecule has 0 atom stereocenters. The van der Waals surface area contributed by atoms with Gasteiger partial charge in [0.1, 0.15) is 0 Å². The highest BCUT2D eigenvalue weighted by atomic mass is 14.9. The van der Waals surface area contributed by atoms with Crippen LogP contribution in [0.4, 0.5) is 5.69 Å². The van der Waals surface area contributed by atoms with Gasteiger partial charge in [-0.3, -0.25) is 0 Å². The first-order valence-electron chi connectivity index (χ1n) is 4.92. The molecule has 0 amide bonds. The Balaban J connectivity index is 2.50. The third-order valence-electron chi connectivity index (χ3n) is 2.17. The van der Waals surface area contributed by atoms with E-state index in [1.165, 1.54) is 16.8 Å². The molecule has 0 aliphatic rings. The number of aryl methyl sites for hydroxylation is 2. The third kappa shape index (κ3) is 3.10. The summed E-state index contributed by atoms with van der Waals surface area (Å²) in [6, 6.07) is 8.50. The molecule has 0 heterocycles. The molecule has 0 saturated carbocycles. The van der Waals surface area contributed by atoms with Crippen molar-refractivity contribution in [2.24, 2.45) is 0 Å². The van der Waals surface area contributed by atoms with Gasteiger partial charge in [0.25, 0.3) is 0 Å². The van der Waals surface area contributed by atoms with Gasteiger partial charge in [0.05, 0.1) is 6.07 Å². The van der Waals surface area contributed by atoms with Crippen molar-refractivity contribution in [3.63, 3.8) is 0 Å². The summed E-state index contributed by atoms with van der Waals surface area (Å²) in [5.41, 5.74) is 3.70. The highest BCUT2D eigenvalue weighted by molar-refractivity contribution is 5.52. The molecule has 0 fully saturated rings. The summed E-state index contributed by atoms with van der Waals surface area (Å²) in [4.78, 5) is 0. The summed E-state index contributed by atoms with van der Waals surface area (Å²) in [6.45, 7) is 5.05. The van der Waals surface area contributed by atoms with E-state index in [1.54, 1.807) is 0 Å². The first-order valence-corrected chi connectivity index (χ1v) is 4.92. The van der Waals surface area contributed by atoms with Crippen LogP contribution in [0.2, 0.25) is 0 Å². The zero-order chi connectivity index (χ0) is 10.4. The number of unbranched alkanes of at least 4 members (excludes halogenated alkanes) is 1. The van der Waals surface area contributed by atoms with Crippen LogP contribution in [0.25, 0.3) is 0 Å². The highest BCUT2D eigenvalue weighted by Gasteiger charge is 1.96. The first kappa shape index (κ1) is 10.6.